The number of rotatable bonds is 2. The van der Waals surface area contributed by atoms with Crippen LogP contribution in [0.2, 0.25) is 0 Å². The molecule has 0 N–H and O–H groups in total. The maximum Gasteiger partial charge on any atom is 0.416 e. The van der Waals surface area contributed by atoms with Crippen LogP contribution < -0.4 is 0 Å². The van der Waals surface area contributed by atoms with E-state index in [4.69, 9.17) is 11.6 Å². The van der Waals surface area contributed by atoms with Crippen LogP contribution in [-0.4, -0.2) is 18.9 Å². The molecule has 85 valence electrons. The van der Waals surface area contributed by atoms with E-state index in [2.05, 4.69) is 4.74 Å². The van der Waals surface area contributed by atoms with Crippen molar-refractivity contribution in [2.45, 2.75) is 18.9 Å². The van der Waals surface area contributed by atoms with Crippen molar-refractivity contribution in [2.24, 2.45) is 0 Å². The van der Waals surface area contributed by atoms with Gasteiger partial charge in [-0.1, -0.05) is 11.6 Å². The highest BCUT2D eigenvalue weighted by atomic mass is 35.5. The first-order valence-electron chi connectivity index (χ1n) is 3.74. The molecule has 0 fully saturated rings. The first kappa shape index (κ1) is 12.4. The molecule has 0 amide bonds. The number of allylic oxidation sites excluding steroid dienone is 2. The van der Waals surface area contributed by atoms with Gasteiger partial charge in [0.15, 0.2) is 0 Å². The molecule has 0 saturated heterocycles. The Morgan fingerprint density at radius 1 is 1.33 bits per heavy atom. The molecular weight excluding hydrogens is 243 g/mol. The van der Waals surface area contributed by atoms with E-state index in [9.17, 15) is 22.0 Å². The summed E-state index contributed by atoms with van der Waals surface area (Å²) in [6.45, 7) is -3.15. The van der Waals surface area contributed by atoms with Gasteiger partial charge in [0.05, 0.1) is 11.7 Å². The molecule has 0 bridgehead atoms. The normalized spacial score (nSPS) is 22.7. The van der Waals surface area contributed by atoms with Gasteiger partial charge >= 0.3 is 12.8 Å². The Labute approximate surface area is 87.2 Å². The molecule has 1 atom stereocenters. The van der Waals surface area contributed by atoms with Crippen LogP contribution >= 0.6 is 11.6 Å². The van der Waals surface area contributed by atoms with Crippen LogP contribution in [0.5, 0.6) is 0 Å². The Morgan fingerprint density at radius 2 is 1.93 bits per heavy atom. The first-order chi connectivity index (χ1) is 6.79. The summed E-state index contributed by atoms with van der Waals surface area (Å²) in [5.74, 6) is 0. The fraction of sp³-hybridized carbons (Fsp3) is 0.375. The third kappa shape index (κ3) is 3.79. The summed E-state index contributed by atoms with van der Waals surface area (Å²) in [6, 6.07) is 0. The lowest BCUT2D eigenvalue weighted by atomic mass is 10.0. The molecule has 0 saturated carbocycles. The largest absolute Gasteiger partial charge is 0.416 e. The van der Waals surface area contributed by atoms with E-state index in [0.717, 1.165) is 6.42 Å². The van der Waals surface area contributed by atoms with Crippen molar-refractivity contribution in [1.82, 2.24) is 0 Å². The Balaban J connectivity index is 2.82. The minimum Gasteiger partial charge on any atom is -0.315 e. The second kappa shape index (κ2) is 4.49. The molecule has 1 unspecified atom stereocenters. The molecule has 1 rings (SSSR count). The van der Waals surface area contributed by atoms with Crippen molar-refractivity contribution >= 4 is 11.6 Å². The Morgan fingerprint density at radius 3 is 2.40 bits per heavy atom. The van der Waals surface area contributed by atoms with E-state index in [0.29, 0.717) is 12.2 Å². The topological polar surface area (TPSA) is 9.23 Å². The van der Waals surface area contributed by atoms with Gasteiger partial charge in [0.2, 0.25) is 0 Å². The number of alkyl halides is 5. The van der Waals surface area contributed by atoms with Gasteiger partial charge in [-0.05, 0) is 12.2 Å². The minimum absolute atomic E-state index is 0.282. The maximum atomic E-state index is 12.2. The van der Waals surface area contributed by atoms with Crippen LogP contribution in [0.25, 0.3) is 0 Å². The molecule has 15 heavy (non-hydrogen) atoms. The molecule has 1 aliphatic rings. The molecule has 0 aromatic heterocycles. The van der Waals surface area contributed by atoms with Crippen molar-refractivity contribution in [3.63, 3.8) is 0 Å². The predicted octanol–water partition coefficient (Wildman–Crippen LogP) is 3.42. The average Bonchev–Trinajstić information content (AvgIpc) is 1.99. The van der Waals surface area contributed by atoms with E-state index in [1.165, 1.54) is 0 Å². The fourth-order valence-electron chi connectivity index (χ4n) is 1.00. The smallest absolute Gasteiger partial charge is 0.315 e. The van der Waals surface area contributed by atoms with Crippen LogP contribution in [0.3, 0.4) is 0 Å². The van der Waals surface area contributed by atoms with Crippen LogP contribution in [-0.2, 0) is 4.74 Å². The molecule has 0 heterocycles. The van der Waals surface area contributed by atoms with Crippen LogP contribution in [0, 0.1) is 6.42 Å². The average molecular weight is 248 g/mol. The summed E-state index contributed by atoms with van der Waals surface area (Å²) in [7, 11) is 0. The molecule has 1 aliphatic carbocycles. The third-order valence-electron chi connectivity index (χ3n) is 1.55. The van der Waals surface area contributed by atoms with Crippen molar-refractivity contribution < 1.29 is 26.7 Å². The standard InChI is InChI=1S/C8H5ClF5O/c9-5-1-4(8(12,13)14)2-6(3-5)15-7(10)11/h1-3,6-7H. The van der Waals surface area contributed by atoms with Gasteiger partial charge in [0.1, 0.15) is 0 Å². The molecule has 0 aliphatic heterocycles. The van der Waals surface area contributed by atoms with Crippen molar-refractivity contribution in [2.75, 3.05) is 0 Å². The van der Waals surface area contributed by atoms with Gasteiger partial charge < -0.3 is 4.74 Å². The zero-order valence-corrected chi connectivity index (χ0v) is 7.82. The Hall–Kier alpha value is -0.620. The SMILES string of the molecule is FC(F)OC1[CH]C(Cl)=CC(C(F)(F)F)=C1. The Bertz CT molecular complexity index is 294. The quantitative estimate of drug-likeness (QED) is 0.680. The van der Waals surface area contributed by atoms with Crippen molar-refractivity contribution in [1.29, 1.82) is 0 Å². The van der Waals surface area contributed by atoms with Crippen molar-refractivity contribution in [3.05, 3.63) is 29.2 Å². The molecule has 0 aromatic carbocycles. The molecular formula is C8H5ClF5O. The highest BCUT2D eigenvalue weighted by molar-refractivity contribution is 6.31. The van der Waals surface area contributed by atoms with Crippen LogP contribution in [0.1, 0.15) is 0 Å². The summed E-state index contributed by atoms with van der Waals surface area (Å²) >= 11 is 5.34. The minimum atomic E-state index is -4.63. The molecule has 1 radical (unpaired) electrons. The fourth-order valence-corrected chi connectivity index (χ4v) is 1.24. The summed E-state index contributed by atoms with van der Waals surface area (Å²) in [6.07, 6.45) is -3.94. The number of hydrogen-bond acceptors (Lipinski definition) is 1. The highest BCUT2D eigenvalue weighted by Crippen LogP contribution is 2.33. The first-order valence-corrected chi connectivity index (χ1v) is 4.11. The van der Waals surface area contributed by atoms with Crippen LogP contribution in [0.15, 0.2) is 22.8 Å². The lowest BCUT2D eigenvalue weighted by molar-refractivity contribution is -0.143. The van der Waals surface area contributed by atoms with E-state index >= 15 is 0 Å². The summed E-state index contributed by atoms with van der Waals surface area (Å²) in [5.41, 5.74) is -1.10. The maximum absolute atomic E-state index is 12.2. The van der Waals surface area contributed by atoms with Gasteiger partial charge in [-0.3, -0.25) is 0 Å². The van der Waals surface area contributed by atoms with Crippen LogP contribution in [0.4, 0.5) is 22.0 Å². The van der Waals surface area contributed by atoms with Gasteiger partial charge in [0, 0.05) is 11.5 Å². The Kier molecular flexibility index (Phi) is 3.72. The predicted molar refractivity (Wildman–Crippen MR) is 43.3 cm³/mol. The third-order valence-corrected chi connectivity index (χ3v) is 1.78. The lowest BCUT2D eigenvalue weighted by Crippen LogP contribution is -2.22. The zero-order chi connectivity index (χ0) is 11.6. The van der Waals surface area contributed by atoms with Gasteiger partial charge in [-0.25, -0.2) is 0 Å². The number of ether oxygens (including phenoxy) is 1. The number of halogens is 6. The van der Waals surface area contributed by atoms with E-state index < -0.39 is 24.5 Å². The van der Waals surface area contributed by atoms with E-state index in [-0.39, 0.29) is 5.03 Å². The molecule has 0 spiro atoms. The summed E-state index contributed by atoms with van der Waals surface area (Å²) in [4.78, 5) is 0. The summed E-state index contributed by atoms with van der Waals surface area (Å²) in [5, 5.41) is -0.282. The molecule has 0 aromatic rings. The number of hydrogen-bond donors (Lipinski definition) is 0. The molecule has 7 heteroatoms. The van der Waals surface area contributed by atoms with E-state index in [1.807, 2.05) is 0 Å². The molecule has 1 nitrogen and oxygen atoms in total. The zero-order valence-electron chi connectivity index (χ0n) is 7.06. The van der Waals surface area contributed by atoms with Gasteiger partial charge in [-0.2, -0.15) is 22.0 Å². The summed E-state index contributed by atoms with van der Waals surface area (Å²) < 4.78 is 64.0. The van der Waals surface area contributed by atoms with Gasteiger partial charge in [-0.15, -0.1) is 0 Å². The van der Waals surface area contributed by atoms with Gasteiger partial charge in [0.25, 0.3) is 0 Å². The lowest BCUT2D eigenvalue weighted by Gasteiger charge is -2.19. The second-order valence-electron chi connectivity index (χ2n) is 2.68. The monoisotopic (exact) mass is 247 g/mol. The van der Waals surface area contributed by atoms with E-state index in [1.54, 1.807) is 0 Å². The van der Waals surface area contributed by atoms with Crippen molar-refractivity contribution in [3.8, 4) is 0 Å². The highest BCUT2D eigenvalue weighted by Gasteiger charge is 2.35. The second-order valence-corrected chi connectivity index (χ2v) is 3.11.